The van der Waals surface area contributed by atoms with Crippen LogP contribution in [0.2, 0.25) is 0 Å². The number of ether oxygens (including phenoxy) is 1. The van der Waals surface area contributed by atoms with Crippen molar-refractivity contribution in [1.82, 2.24) is 4.31 Å². The van der Waals surface area contributed by atoms with E-state index in [1.54, 1.807) is 0 Å². The van der Waals surface area contributed by atoms with Gasteiger partial charge in [0.25, 0.3) is 0 Å². The molecule has 1 saturated heterocycles. The number of halogens is 7. The monoisotopic (exact) mass is 544 g/mol. The minimum atomic E-state index is -5.10. The van der Waals surface area contributed by atoms with Crippen LogP contribution in [-0.2, 0) is 21.8 Å². The maximum absolute atomic E-state index is 13.5. The van der Waals surface area contributed by atoms with Crippen molar-refractivity contribution in [3.63, 3.8) is 0 Å². The molecule has 1 aliphatic heterocycles. The third-order valence-electron chi connectivity index (χ3n) is 6.04. The fraction of sp³-hybridized carbons (Fsp3) is 0.455. The quantitative estimate of drug-likeness (QED) is 0.561. The van der Waals surface area contributed by atoms with Crippen LogP contribution < -0.4 is 9.64 Å². The van der Waals surface area contributed by atoms with Crippen molar-refractivity contribution in [2.75, 3.05) is 31.6 Å². The topological polar surface area (TPSA) is 70.1 Å². The van der Waals surface area contributed by atoms with Crippen LogP contribution >= 0.6 is 0 Å². The Kier molecular flexibility index (Phi) is 7.29. The van der Waals surface area contributed by atoms with E-state index in [2.05, 4.69) is 0 Å². The number of rotatable bonds is 5. The molecule has 0 aromatic heterocycles. The van der Waals surface area contributed by atoms with Crippen LogP contribution in [0.5, 0.6) is 5.75 Å². The molecule has 0 radical (unpaired) electrons. The van der Waals surface area contributed by atoms with Crippen molar-refractivity contribution in [3.8, 4) is 5.75 Å². The van der Waals surface area contributed by atoms with Gasteiger partial charge in [0, 0.05) is 31.4 Å². The SMILES string of the molecule is COc1ccc(C(C)(O)C(F)(F)F)cc1S(=O)(=O)N1CCN(c2ccc(F)cc2C(F)(F)F)C[C@H]1C. The van der Waals surface area contributed by atoms with E-state index in [4.69, 9.17) is 4.74 Å². The molecule has 0 spiro atoms. The zero-order valence-corrected chi connectivity index (χ0v) is 20.1. The fourth-order valence-corrected chi connectivity index (χ4v) is 5.80. The second kappa shape index (κ2) is 9.38. The molecule has 1 unspecified atom stereocenters. The first-order valence-electron chi connectivity index (χ1n) is 10.5. The van der Waals surface area contributed by atoms with Crippen LogP contribution in [0.15, 0.2) is 41.3 Å². The van der Waals surface area contributed by atoms with Gasteiger partial charge in [-0.1, -0.05) is 6.07 Å². The first kappa shape index (κ1) is 28.0. The first-order valence-corrected chi connectivity index (χ1v) is 12.0. The molecular weight excluding hydrogens is 521 g/mol. The number of hydrogen-bond donors (Lipinski definition) is 1. The molecule has 2 atom stereocenters. The van der Waals surface area contributed by atoms with E-state index in [1.807, 2.05) is 0 Å². The molecule has 1 aliphatic rings. The normalized spacial score (nSPS) is 19.8. The average molecular weight is 544 g/mol. The van der Waals surface area contributed by atoms with Gasteiger partial charge in [0.2, 0.25) is 10.0 Å². The lowest BCUT2D eigenvalue weighted by Gasteiger charge is -2.41. The van der Waals surface area contributed by atoms with Gasteiger partial charge in [-0.2, -0.15) is 30.6 Å². The van der Waals surface area contributed by atoms with Crippen molar-refractivity contribution >= 4 is 15.7 Å². The van der Waals surface area contributed by atoms with Gasteiger partial charge >= 0.3 is 12.4 Å². The van der Waals surface area contributed by atoms with Crippen LogP contribution in [0.25, 0.3) is 0 Å². The van der Waals surface area contributed by atoms with Crippen molar-refractivity contribution in [2.24, 2.45) is 0 Å². The lowest BCUT2D eigenvalue weighted by Crippen LogP contribution is -2.54. The third-order valence-corrected chi connectivity index (χ3v) is 8.07. The summed E-state index contributed by atoms with van der Waals surface area (Å²) >= 11 is 0. The molecule has 14 heteroatoms. The lowest BCUT2D eigenvalue weighted by atomic mass is 9.95. The summed E-state index contributed by atoms with van der Waals surface area (Å²) in [5.41, 5.74) is -5.63. The van der Waals surface area contributed by atoms with Crippen LogP contribution in [0.4, 0.5) is 36.4 Å². The van der Waals surface area contributed by atoms with E-state index in [-0.39, 0.29) is 31.1 Å². The van der Waals surface area contributed by atoms with Gasteiger partial charge in [-0.15, -0.1) is 0 Å². The molecule has 1 fully saturated rings. The van der Waals surface area contributed by atoms with Crippen LogP contribution in [0.3, 0.4) is 0 Å². The third kappa shape index (κ3) is 5.11. The Morgan fingerprint density at radius 3 is 2.19 bits per heavy atom. The van der Waals surface area contributed by atoms with E-state index in [9.17, 15) is 44.3 Å². The van der Waals surface area contributed by atoms with Gasteiger partial charge in [0.05, 0.1) is 12.7 Å². The Bertz CT molecular complexity index is 1230. The molecule has 36 heavy (non-hydrogen) atoms. The predicted octanol–water partition coefficient (Wildman–Crippen LogP) is 4.52. The minimum Gasteiger partial charge on any atom is -0.495 e. The maximum atomic E-state index is 13.5. The second-order valence-electron chi connectivity index (χ2n) is 8.51. The van der Waals surface area contributed by atoms with Gasteiger partial charge < -0.3 is 14.7 Å². The molecule has 1 heterocycles. The van der Waals surface area contributed by atoms with E-state index >= 15 is 0 Å². The van der Waals surface area contributed by atoms with Crippen LogP contribution in [0.1, 0.15) is 25.0 Å². The zero-order valence-electron chi connectivity index (χ0n) is 19.3. The summed E-state index contributed by atoms with van der Waals surface area (Å²) in [7, 11) is -3.40. The highest BCUT2D eigenvalue weighted by Crippen LogP contribution is 2.42. The van der Waals surface area contributed by atoms with Gasteiger partial charge in [-0.05, 0) is 49.7 Å². The Labute approximate surface area is 202 Å². The van der Waals surface area contributed by atoms with Crippen molar-refractivity contribution in [1.29, 1.82) is 0 Å². The second-order valence-corrected chi connectivity index (χ2v) is 10.4. The molecule has 6 nitrogen and oxygen atoms in total. The number of aliphatic hydroxyl groups is 1. The average Bonchev–Trinajstić information content (AvgIpc) is 2.77. The predicted molar refractivity (Wildman–Crippen MR) is 116 cm³/mol. The Balaban J connectivity index is 1.97. The molecule has 0 amide bonds. The first-order chi connectivity index (χ1) is 16.4. The molecule has 200 valence electrons. The van der Waals surface area contributed by atoms with Crippen molar-refractivity contribution in [3.05, 3.63) is 53.3 Å². The van der Waals surface area contributed by atoms with Crippen LogP contribution in [-0.4, -0.2) is 56.8 Å². The summed E-state index contributed by atoms with van der Waals surface area (Å²) in [5, 5.41) is 10.0. The highest BCUT2D eigenvalue weighted by molar-refractivity contribution is 7.89. The standard InChI is InChI=1S/C22H23F7N2O4S/c1-13-12-30(17-6-5-15(23)11-16(17)21(24,25)26)8-9-31(13)36(33,34)19-10-14(4-7-18(19)35-3)20(2,32)22(27,28)29/h4-7,10-11,13,32H,8-9,12H2,1-3H3/t13-,20?/m1/s1. The van der Waals surface area contributed by atoms with Crippen LogP contribution in [0, 0.1) is 5.82 Å². The summed E-state index contributed by atoms with van der Waals surface area (Å²) in [4.78, 5) is 0.631. The summed E-state index contributed by atoms with van der Waals surface area (Å²) in [6.07, 6.45) is -9.96. The van der Waals surface area contributed by atoms with E-state index in [1.165, 1.54) is 11.8 Å². The number of anilines is 1. The van der Waals surface area contributed by atoms with Gasteiger partial charge in [-0.25, -0.2) is 12.8 Å². The number of hydrogen-bond acceptors (Lipinski definition) is 5. The van der Waals surface area contributed by atoms with E-state index < -0.39 is 55.9 Å². The summed E-state index contributed by atoms with van der Waals surface area (Å²) in [5.74, 6) is -1.36. The summed E-state index contributed by atoms with van der Waals surface area (Å²) in [6.45, 7) is 1.16. The Hall–Kier alpha value is -2.58. The number of piperazine rings is 1. The number of alkyl halides is 6. The number of sulfonamides is 1. The molecule has 0 aliphatic carbocycles. The number of methoxy groups -OCH3 is 1. The van der Waals surface area contributed by atoms with Gasteiger partial charge in [0.1, 0.15) is 16.5 Å². The summed E-state index contributed by atoms with van der Waals surface area (Å²) in [6, 6.07) is 3.79. The van der Waals surface area contributed by atoms with E-state index in [0.717, 1.165) is 35.7 Å². The summed E-state index contributed by atoms with van der Waals surface area (Å²) < 4.78 is 127. The molecule has 1 N–H and O–H groups in total. The molecule has 3 rings (SSSR count). The lowest BCUT2D eigenvalue weighted by molar-refractivity contribution is -0.258. The zero-order chi connectivity index (χ0) is 27.3. The number of nitrogens with zero attached hydrogens (tertiary/aromatic N) is 2. The van der Waals surface area contributed by atoms with Crippen molar-refractivity contribution in [2.45, 2.75) is 42.7 Å². The molecule has 0 saturated carbocycles. The maximum Gasteiger partial charge on any atom is 0.421 e. The minimum absolute atomic E-state index is 0.208. The Morgan fingerprint density at radius 1 is 1.03 bits per heavy atom. The van der Waals surface area contributed by atoms with Gasteiger partial charge in [-0.3, -0.25) is 0 Å². The van der Waals surface area contributed by atoms with Gasteiger partial charge in [0.15, 0.2) is 5.60 Å². The fourth-order valence-electron chi connectivity index (χ4n) is 4.00. The largest absolute Gasteiger partial charge is 0.495 e. The van der Waals surface area contributed by atoms with Crippen molar-refractivity contribution < 1.29 is 49.0 Å². The molecule has 0 bridgehead atoms. The molecule has 2 aromatic rings. The Morgan fingerprint density at radius 2 is 1.67 bits per heavy atom. The number of benzene rings is 2. The smallest absolute Gasteiger partial charge is 0.421 e. The highest BCUT2D eigenvalue weighted by Gasteiger charge is 2.51. The molecular formula is C22H23F7N2O4S. The van der Waals surface area contributed by atoms with E-state index in [0.29, 0.717) is 19.1 Å². The molecule has 2 aromatic carbocycles. The highest BCUT2D eigenvalue weighted by atomic mass is 32.2.